The molecular weight excluding hydrogens is 299 g/mol. The van der Waals surface area contributed by atoms with Gasteiger partial charge in [-0.3, -0.25) is 10.1 Å². The molecule has 0 saturated carbocycles. The second-order valence-corrected chi connectivity index (χ2v) is 6.23. The lowest BCUT2D eigenvalue weighted by atomic mass is 10.0. The first kappa shape index (κ1) is 17.1. The van der Waals surface area contributed by atoms with Crippen LogP contribution in [0.1, 0.15) is 40.0 Å². The Labute approximate surface area is 129 Å². The van der Waals surface area contributed by atoms with E-state index in [0.29, 0.717) is 16.6 Å². The van der Waals surface area contributed by atoms with Crippen LogP contribution in [0.25, 0.3) is 0 Å². The van der Waals surface area contributed by atoms with Gasteiger partial charge in [-0.05, 0) is 25.3 Å². The van der Waals surface area contributed by atoms with Gasteiger partial charge in [0.15, 0.2) is 0 Å². The molecule has 0 aliphatic heterocycles. The fourth-order valence-corrected chi connectivity index (χ4v) is 2.29. The molecule has 1 rings (SSSR count). The number of nitrogens with zero attached hydrogens (tertiary/aromatic N) is 1. The van der Waals surface area contributed by atoms with Crippen LogP contribution in [-0.4, -0.2) is 11.0 Å². The average molecular weight is 319 g/mol. The molecule has 0 spiro atoms. The summed E-state index contributed by atoms with van der Waals surface area (Å²) in [5.41, 5.74) is 0.372. The normalized spacial score (nSPS) is 12.5. The summed E-state index contributed by atoms with van der Waals surface area (Å²) in [4.78, 5) is 10.6. The molecule has 6 heteroatoms. The van der Waals surface area contributed by atoms with Crippen LogP contribution in [0.3, 0.4) is 0 Å². The Kier molecular flexibility index (Phi) is 6.56. The maximum atomic E-state index is 11.0. The third kappa shape index (κ3) is 5.17. The average Bonchev–Trinajstić information content (AvgIpc) is 2.32. The Morgan fingerprint density at radius 3 is 2.35 bits per heavy atom. The number of anilines is 1. The summed E-state index contributed by atoms with van der Waals surface area (Å²) in [7, 11) is 0. The van der Waals surface area contributed by atoms with Crippen molar-refractivity contribution in [3.8, 4) is 0 Å². The zero-order valence-corrected chi connectivity index (χ0v) is 13.5. The van der Waals surface area contributed by atoms with Crippen molar-refractivity contribution in [3.63, 3.8) is 0 Å². The minimum Gasteiger partial charge on any atom is -0.377 e. The molecule has 0 saturated heterocycles. The number of hydrogen-bond donors (Lipinski definition) is 1. The van der Waals surface area contributed by atoms with Crippen molar-refractivity contribution >= 4 is 34.6 Å². The quantitative estimate of drug-likeness (QED) is 0.531. The topological polar surface area (TPSA) is 55.2 Å². The molecule has 0 fully saturated rings. The highest BCUT2D eigenvalue weighted by molar-refractivity contribution is 6.42. The summed E-state index contributed by atoms with van der Waals surface area (Å²) >= 11 is 11.7. The minimum atomic E-state index is -0.453. The van der Waals surface area contributed by atoms with Crippen molar-refractivity contribution in [1.82, 2.24) is 0 Å². The highest BCUT2D eigenvalue weighted by Gasteiger charge is 2.18. The van der Waals surface area contributed by atoms with Gasteiger partial charge in [-0.1, -0.05) is 49.9 Å². The molecule has 1 atom stereocenters. The SMILES string of the molecule is CC(C)CCCC(C)Nc1cc(Cl)c(Cl)cc1[N+](=O)[O-]. The van der Waals surface area contributed by atoms with E-state index in [1.807, 2.05) is 6.92 Å². The van der Waals surface area contributed by atoms with E-state index in [1.54, 1.807) is 0 Å². The molecule has 112 valence electrons. The van der Waals surface area contributed by atoms with Gasteiger partial charge in [0, 0.05) is 12.1 Å². The van der Waals surface area contributed by atoms with Gasteiger partial charge in [0.25, 0.3) is 5.69 Å². The van der Waals surface area contributed by atoms with Crippen LogP contribution in [0, 0.1) is 16.0 Å². The predicted octanol–water partition coefficient (Wildman–Crippen LogP) is 5.53. The van der Waals surface area contributed by atoms with Crippen molar-refractivity contribution in [2.24, 2.45) is 5.92 Å². The lowest BCUT2D eigenvalue weighted by Crippen LogP contribution is -2.16. The van der Waals surface area contributed by atoms with E-state index >= 15 is 0 Å². The van der Waals surface area contributed by atoms with Crippen LogP contribution in [-0.2, 0) is 0 Å². The van der Waals surface area contributed by atoms with Crippen LogP contribution >= 0.6 is 23.2 Å². The smallest absolute Gasteiger partial charge is 0.293 e. The van der Waals surface area contributed by atoms with E-state index < -0.39 is 4.92 Å². The molecule has 20 heavy (non-hydrogen) atoms. The Bertz CT molecular complexity index is 478. The van der Waals surface area contributed by atoms with Gasteiger partial charge in [-0.15, -0.1) is 0 Å². The molecule has 4 nitrogen and oxygen atoms in total. The van der Waals surface area contributed by atoms with Gasteiger partial charge in [-0.2, -0.15) is 0 Å². The first-order chi connectivity index (χ1) is 9.31. The van der Waals surface area contributed by atoms with E-state index in [-0.39, 0.29) is 16.8 Å². The highest BCUT2D eigenvalue weighted by atomic mass is 35.5. The molecule has 0 heterocycles. The summed E-state index contributed by atoms with van der Waals surface area (Å²) in [6, 6.07) is 2.94. The summed E-state index contributed by atoms with van der Waals surface area (Å²) in [6.07, 6.45) is 3.19. The maximum absolute atomic E-state index is 11.0. The molecule has 1 aromatic carbocycles. The van der Waals surface area contributed by atoms with Crippen molar-refractivity contribution in [1.29, 1.82) is 0 Å². The van der Waals surface area contributed by atoms with Crippen molar-refractivity contribution < 1.29 is 4.92 Å². The van der Waals surface area contributed by atoms with Gasteiger partial charge >= 0.3 is 0 Å². The number of rotatable bonds is 7. The minimum absolute atomic E-state index is 0.0462. The van der Waals surface area contributed by atoms with Gasteiger partial charge in [0.2, 0.25) is 0 Å². The van der Waals surface area contributed by atoms with Crippen molar-refractivity contribution in [3.05, 3.63) is 32.3 Å². The first-order valence-electron chi connectivity index (χ1n) is 6.71. The van der Waals surface area contributed by atoms with E-state index in [1.165, 1.54) is 12.1 Å². The number of hydrogen-bond acceptors (Lipinski definition) is 3. The van der Waals surface area contributed by atoms with Crippen LogP contribution in [0.2, 0.25) is 10.0 Å². The van der Waals surface area contributed by atoms with Gasteiger partial charge in [0.05, 0.1) is 15.0 Å². The molecule has 0 amide bonds. The molecule has 0 aliphatic carbocycles. The second kappa shape index (κ2) is 7.70. The Hall–Kier alpha value is -1.00. The second-order valence-electron chi connectivity index (χ2n) is 5.41. The first-order valence-corrected chi connectivity index (χ1v) is 7.46. The molecule has 0 aliphatic rings. The lowest BCUT2D eigenvalue weighted by molar-refractivity contribution is -0.384. The third-order valence-electron chi connectivity index (χ3n) is 3.06. The highest BCUT2D eigenvalue weighted by Crippen LogP contribution is 2.34. The number of nitrogens with one attached hydrogen (secondary N) is 1. The lowest BCUT2D eigenvalue weighted by Gasteiger charge is -2.16. The fourth-order valence-electron chi connectivity index (χ4n) is 1.97. The number of benzene rings is 1. The Morgan fingerprint density at radius 2 is 1.80 bits per heavy atom. The summed E-state index contributed by atoms with van der Waals surface area (Å²) in [5, 5.41) is 14.7. The number of halogens is 2. The molecule has 0 bridgehead atoms. The van der Waals surface area contributed by atoms with Gasteiger partial charge < -0.3 is 5.32 Å². The van der Waals surface area contributed by atoms with E-state index in [4.69, 9.17) is 23.2 Å². The molecule has 1 aromatic rings. The zero-order chi connectivity index (χ0) is 15.3. The zero-order valence-electron chi connectivity index (χ0n) is 12.0. The number of nitro benzene ring substituents is 1. The maximum Gasteiger partial charge on any atom is 0.293 e. The standard InChI is InChI=1S/C14H20Cl2N2O2/c1-9(2)5-4-6-10(3)17-13-7-11(15)12(16)8-14(13)18(19)20/h7-10,17H,4-6H2,1-3H3. The van der Waals surface area contributed by atoms with Crippen LogP contribution in [0.15, 0.2) is 12.1 Å². The van der Waals surface area contributed by atoms with Crippen molar-refractivity contribution in [2.45, 2.75) is 46.1 Å². The van der Waals surface area contributed by atoms with Crippen LogP contribution in [0.4, 0.5) is 11.4 Å². The third-order valence-corrected chi connectivity index (χ3v) is 3.78. The summed E-state index contributed by atoms with van der Waals surface area (Å²) < 4.78 is 0. The van der Waals surface area contributed by atoms with E-state index in [9.17, 15) is 10.1 Å². The fraction of sp³-hybridized carbons (Fsp3) is 0.571. The van der Waals surface area contributed by atoms with Gasteiger partial charge in [-0.25, -0.2) is 0 Å². The predicted molar refractivity (Wildman–Crippen MR) is 84.9 cm³/mol. The van der Waals surface area contributed by atoms with Gasteiger partial charge in [0.1, 0.15) is 5.69 Å². The molecular formula is C14H20Cl2N2O2. The van der Waals surface area contributed by atoms with Crippen molar-refractivity contribution in [2.75, 3.05) is 5.32 Å². The molecule has 1 N–H and O–H groups in total. The summed E-state index contributed by atoms with van der Waals surface area (Å²) in [5.74, 6) is 0.668. The Balaban J connectivity index is 2.75. The number of nitro groups is 1. The molecule has 0 aromatic heterocycles. The van der Waals surface area contributed by atoms with E-state index in [0.717, 1.165) is 19.3 Å². The molecule has 0 radical (unpaired) electrons. The monoisotopic (exact) mass is 318 g/mol. The largest absolute Gasteiger partial charge is 0.377 e. The molecule has 1 unspecified atom stereocenters. The van der Waals surface area contributed by atoms with E-state index in [2.05, 4.69) is 19.2 Å². The van der Waals surface area contributed by atoms with Crippen LogP contribution in [0.5, 0.6) is 0 Å². The van der Waals surface area contributed by atoms with Crippen LogP contribution < -0.4 is 5.32 Å². The Morgan fingerprint density at radius 1 is 1.20 bits per heavy atom. The summed E-state index contributed by atoms with van der Waals surface area (Å²) in [6.45, 7) is 6.37.